The summed E-state index contributed by atoms with van der Waals surface area (Å²) in [6, 6.07) is 15.4. The van der Waals surface area contributed by atoms with Gasteiger partial charge in [0.05, 0.1) is 13.2 Å². The molecule has 3 aromatic carbocycles. The number of aromatic nitrogens is 3. The fourth-order valence-corrected chi connectivity index (χ4v) is 7.77. The van der Waals surface area contributed by atoms with E-state index in [0.29, 0.717) is 25.4 Å². The van der Waals surface area contributed by atoms with Crippen molar-refractivity contribution in [2.75, 3.05) is 20.2 Å². The number of nitrogens with zero attached hydrogens (tertiary/aromatic N) is 5. The lowest BCUT2D eigenvalue weighted by atomic mass is 9.85. The number of ether oxygens (including phenoxy) is 2. The lowest BCUT2D eigenvalue weighted by Gasteiger charge is -2.42. The van der Waals surface area contributed by atoms with Crippen LogP contribution in [0.5, 0.6) is 11.5 Å². The molecule has 4 aromatic rings. The SMILES string of the molecule is COc1cc(COc2ccc(Br)c3c2[C@@H](CN2Cc4ccccc4C2=O)N(C(=O)C2CCCCC2)CC3)cc2nnn(C)c12. The lowest BCUT2D eigenvalue weighted by Crippen LogP contribution is -2.48. The summed E-state index contributed by atoms with van der Waals surface area (Å²) in [7, 11) is 3.48. The summed E-state index contributed by atoms with van der Waals surface area (Å²) in [5, 5.41) is 8.43. The summed E-state index contributed by atoms with van der Waals surface area (Å²) in [5.74, 6) is 1.65. The molecule has 0 N–H and O–H groups in total. The zero-order chi connectivity index (χ0) is 30.4. The largest absolute Gasteiger partial charge is 0.494 e. The first-order valence-electron chi connectivity index (χ1n) is 15.4. The molecule has 0 bridgehead atoms. The van der Waals surface area contributed by atoms with Crippen molar-refractivity contribution in [1.29, 1.82) is 0 Å². The molecule has 0 radical (unpaired) electrons. The Hall–Kier alpha value is -3.92. The molecule has 228 valence electrons. The van der Waals surface area contributed by atoms with Crippen LogP contribution in [0.25, 0.3) is 11.0 Å². The number of halogens is 1. The third-order valence-corrected chi connectivity index (χ3v) is 10.2. The van der Waals surface area contributed by atoms with Gasteiger partial charge in [0.2, 0.25) is 5.91 Å². The first-order chi connectivity index (χ1) is 21.4. The Kier molecular flexibility index (Phi) is 7.78. The standard InChI is InChI=1S/C34H36BrN5O4/c1-38-32-27(36-37-38)16-21(17-30(32)43-2)20-44-29-13-12-26(35)25-14-15-40(33(41)22-8-4-3-5-9-22)28(31(25)29)19-39-18-23-10-6-7-11-24(23)34(39)42/h6-7,10-13,16-17,22,28H,3-5,8-9,14-15,18-20H2,1-2H3/t28-/m1/s1. The van der Waals surface area contributed by atoms with Gasteiger partial charge in [-0.25, -0.2) is 4.68 Å². The van der Waals surface area contributed by atoms with Gasteiger partial charge < -0.3 is 19.3 Å². The van der Waals surface area contributed by atoms with Crippen LogP contribution in [-0.2, 0) is 31.4 Å². The molecule has 3 heterocycles. The molecule has 1 saturated carbocycles. The number of carbonyl (C=O) groups excluding carboxylic acids is 2. The molecule has 10 heteroatoms. The van der Waals surface area contributed by atoms with E-state index in [4.69, 9.17) is 9.47 Å². The van der Waals surface area contributed by atoms with Gasteiger partial charge in [-0.1, -0.05) is 58.6 Å². The van der Waals surface area contributed by atoms with Gasteiger partial charge in [-0.15, -0.1) is 5.10 Å². The van der Waals surface area contributed by atoms with Gasteiger partial charge in [0, 0.05) is 48.2 Å². The molecule has 1 atom stereocenters. The quantitative estimate of drug-likeness (QED) is 0.243. The first-order valence-corrected chi connectivity index (χ1v) is 16.2. The van der Waals surface area contributed by atoms with Crippen LogP contribution in [0.2, 0.25) is 0 Å². The Bertz CT molecular complexity index is 1750. The number of hydrogen-bond donors (Lipinski definition) is 0. The Morgan fingerprint density at radius 3 is 2.68 bits per heavy atom. The Morgan fingerprint density at radius 1 is 1.07 bits per heavy atom. The maximum atomic E-state index is 14.2. The molecule has 3 aliphatic rings. The summed E-state index contributed by atoms with van der Waals surface area (Å²) in [5.41, 5.74) is 6.34. The van der Waals surface area contributed by atoms with Crippen molar-refractivity contribution in [3.63, 3.8) is 0 Å². The summed E-state index contributed by atoms with van der Waals surface area (Å²) >= 11 is 3.80. The van der Waals surface area contributed by atoms with Crippen molar-refractivity contribution in [3.05, 3.63) is 80.8 Å². The lowest BCUT2D eigenvalue weighted by molar-refractivity contribution is -0.140. The molecular formula is C34H36BrN5O4. The molecule has 0 saturated heterocycles. The predicted octanol–water partition coefficient (Wildman–Crippen LogP) is 5.98. The number of carbonyl (C=O) groups is 2. The summed E-state index contributed by atoms with van der Waals surface area (Å²) in [4.78, 5) is 31.6. The number of rotatable bonds is 7. The second kappa shape index (κ2) is 11.9. The smallest absolute Gasteiger partial charge is 0.254 e. The summed E-state index contributed by atoms with van der Waals surface area (Å²) < 4.78 is 14.9. The van der Waals surface area contributed by atoms with E-state index in [1.165, 1.54) is 6.42 Å². The van der Waals surface area contributed by atoms with E-state index < -0.39 is 0 Å². The molecule has 9 nitrogen and oxygen atoms in total. The average Bonchev–Trinajstić information content (AvgIpc) is 3.59. The molecule has 7 rings (SSSR count). The summed E-state index contributed by atoms with van der Waals surface area (Å²) in [6.07, 6.45) is 5.94. The van der Waals surface area contributed by atoms with Gasteiger partial charge in [-0.3, -0.25) is 9.59 Å². The van der Waals surface area contributed by atoms with Crippen LogP contribution in [0, 0.1) is 5.92 Å². The zero-order valence-electron chi connectivity index (χ0n) is 25.1. The van der Waals surface area contributed by atoms with Gasteiger partial charge in [0.15, 0.2) is 0 Å². The van der Waals surface area contributed by atoms with Crippen LogP contribution < -0.4 is 9.47 Å². The van der Waals surface area contributed by atoms with Gasteiger partial charge in [0.1, 0.15) is 29.1 Å². The van der Waals surface area contributed by atoms with Crippen LogP contribution in [0.1, 0.15) is 70.8 Å². The maximum Gasteiger partial charge on any atom is 0.254 e. The second-order valence-electron chi connectivity index (χ2n) is 12.1. The fraction of sp³-hybridized carbons (Fsp3) is 0.412. The molecule has 1 aromatic heterocycles. The van der Waals surface area contributed by atoms with E-state index >= 15 is 0 Å². The molecule has 2 aliphatic heterocycles. The van der Waals surface area contributed by atoms with Crippen LogP contribution in [0.3, 0.4) is 0 Å². The number of amides is 2. The fourth-order valence-electron chi connectivity index (χ4n) is 7.22. The third-order valence-electron chi connectivity index (χ3n) is 9.44. The van der Waals surface area contributed by atoms with Crippen LogP contribution in [0.4, 0.5) is 0 Å². The predicted molar refractivity (Wildman–Crippen MR) is 169 cm³/mol. The molecule has 44 heavy (non-hydrogen) atoms. The number of benzene rings is 3. The van der Waals surface area contributed by atoms with Gasteiger partial charge in [-0.05, 0) is 66.3 Å². The minimum Gasteiger partial charge on any atom is -0.494 e. The maximum absolute atomic E-state index is 14.2. The molecule has 1 aliphatic carbocycles. The minimum absolute atomic E-state index is 0.0135. The van der Waals surface area contributed by atoms with Gasteiger partial charge in [-0.2, -0.15) is 0 Å². The van der Waals surface area contributed by atoms with Crippen molar-refractivity contribution in [2.45, 2.75) is 57.7 Å². The van der Waals surface area contributed by atoms with E-state index in [2.05, 4.69) is 26.2 Å². The zero-order valence-corrected chi connectivity index (χ0v) is 26.7. The second-order valence-corrected chi connectivity index (χ2v) is 12.9. The number of aryl methyl sites for hydroxylation is 1. The Morgan fingerprint density at radius 2 is 1.89 bits per heavy atom. The van der Waals surface area contributed by atoms with Crippen LogP contribution >= 0.6 is 15.9 Å². The molecule has 1 fully saturated rings. The highest BCUT2D eigenvalue weighted by molar-refractivity contribution is 9.10. The Labute approximate surface area is 265 Å². The van der Waals surface area contributed by atoms with Crippen molar-refractivity contribution >= 4 is 38.8 Å². The average molecular weight is 659 g/mol. The van der Waals surface area contributed by atoms with Crippen molar-refractivity contribution in [1.82, 2.24) is 24.8 Å². The minimum atomic E-state index is -0.323. The van der Waals surface area contributed by atoms with E-state index in [0.717, 1.165) is 81.2 Å². The van der Waals surface area contributed by atoms with Crippen molar-refractivity contribution in [2.24, 2.45) is 13.0 Å². The normalized spacial score (nSPS) is 18.4. The van der Waals surface area contributed by atoms with E-state index in [-0.39, 0.29) is 30.4 Å². The van der Waals surface area contributed by atoms with Crippen LogP contribution in [0.15, 0.2) is 53.0 Å². The van der Waals surface area contributed by atoms with Crippen molar-refractivity contribution < 1.29 is 19.1 Å². The van der Waals surface area contributed by atoms with E-state index in [1.807, 2.05) is 65.4 Å². The molecular weight excluding hydrogens is 622 g/mol. The van der Waals surface area contributed by atoms with E-state index in [1.54, 1.807) is 11.8 Å². The van der Waals surface area contributed by atoms with E-state index in [9.17, 15) is 9.59 Å². The first kappa shape index (κ1) is 28.8. The highest BCUT2D eigenvalue weighted by Crippen LogP contribution is 2.43. The van der Waals surface area contributed by atoms with Crippen molar-refractivity contribution in [3.8, 4) is 11.5 Å². The third kappa shape index (κ3) is 5.12. The molecule has 0 unspecified atom stereocenters. The molecule has 2 amide bonds. The topological polar surface area (TPSA) is 89.8 Å². The number of methoxy groups -OCH3 is 1. The molecule has 0 spiro atoms. The number of hydrogen-bond acceptors (Lipinski definition) is 6. The summed E-state index contributed by atoms with van der Waals surface area (Å²) in [6.45, 7) is 1.85. The highest BCUT2D eigenvalue weighted by Gasteiger charge is 2.40. The van der Waals surface area contributed by atoms with Gasteiger partial charge >= 0.3 is 0 Å². The number of fused-ring (bicyclic) bond motifs is 3. The highest BCUT2D eigenvalue weighted by atomic mass is 79.9. The van der Waals surface area contributed by atoms with Gasteiger partial charge in [0.25, 0.3) is 5.91 Å². The van der Waals surface area contributed by atoms with Crippen LogP contribution in [-0.4, -0.2) is 56.8 Å². The Balaban J connectivity index is 1.24. The monoisotopic (exact) mass is 657 g/mol.